The molecule has 0 unspecified atom stereocenters. The maximum atomic E-state index is 4.79. The van der Waals surface area contributed by atoms with Crippen molar-refractivity contribution in [2.75, 3.05) is 7.11 Å². The van der Waals surface area contributed by atoms with Crippen LogP contribution in [0.2, 0.25) is 0 Å². The first-order chi connectivity index (χ1) is 5.41. The lowest BCUT2D eigenvalue weighted by atomic mass is 10.1. The molecule has 0 saturated heterocycles. The Morgan fingerprint density at radius 1 is 1.09 bits per heavy atom. The minimum atomic E-state index is 1.16. The van der Waals surface area contributed by atoms with Gasteiger partial charge < -0.3 is 4.74 Å². The van der Waals surface area contributed by atoms with Crippen LogP contribution in [0.1, 0.15) is 45.4 Å². The quantitative estimate of drug-likeness (QED) is 0.405. The highest BCUT2D eigenvalue weighted by atomic mass is 16.5. The number of unbranched alkanes of at least 4 members (excludes halogenated alkanes) is 5. The molecular formula is C10H20O. The number of hydrogen-bond acceptors (Lipinski definition) is 1. The van der Waals surface area contributed by atoms with E-state index < -0.39 is 0 Å². The topological polar surface area (TPSA) is 9.23 Å². The maximum Gasteiger partial charge on any atom is 0.0784 e. The molecule has 0 spiro atoms. The minimum Gasteiger partial charge on any atom is -0.505 e. The van der Waals surface area contributed by atoms with Crippen molar-refractivity contribution in [1.82, 2.24) is 0 Å². The Bertz CT molecular complexity index is 86.9. The zero-order valence-corrected chi connectivity index (χ0v) is 7.81. The Morgan fingerprint density at radius 3 is 2.45 bits per heavy atom. The fourth-order valence-electron chi connectivity index (χ4n) is 1.03. The van der Waals surface area contributed by atoms with Crippen molar-refractivity contribution in [2.45, 2.75) is 45.4 Å². The van der Waals surface area contributed by atoms with E-state index in [4.69, 9.17) is 4.74 Å². The summed E-state index contributed by atoms with van der Waals surface area (Å²) in [6.07, 6.45) is 11.8. The van der Waals surface area contributed by atoms with Crippen molar-refractivity contribution in [2.24, 2.45) is 0 Å². The maximum absolute atomic E-state index is 4.79. The molecule has 0 amide bonds. The van der Waals surface area contributed by atoms with Crippen LogP contribution in [0.15, 0.2) is 12.3 Å². The molecule has 0 rings (SSSR count). The van der Waals surface area contributed by atoms with Crippen LogP contribution in [-0.4, -0.2) is 7.11 Å². The molecule has 0 aliphatic carbocycles. The fourth-order valence-corrected chi connectivity index (χ4v) is 1.03. The molecule has 0 aliphatic rings. The Labute approximate surface area is 70.4 Å². The number of hydrogen-bond donors (Lipinski definition) is 0. The number of methoxy groups -OCH3 is 1. The van der Waals surface area contributed by atoms with Crippen molar-refractivity contribution in [1.29, 1.82) is 0 Å². The van der Waals surface area contributed by atoms with E-state index in [1.807, 2.05) is 0 Å². The van der Waals surface area contributed by atoms with Crippen molar-refractivity contribution >= 4 is 0 Å². The Morgan fingerprint density at radius 2 is 1.82 bits per heavy atom. The van der Waals surface area contributed by atoms with Crippen LogP contribution in [0.5, 0.6) is 0 Å². The van der Waals surface area contributed by atoms with Gasteiger partial charge in [0.25, 0.3) is 0 Å². The monoisotopic (exact) mass is 156 g/mol. The predicted octanol–water partition coefficient (Wildman–Crippen LogP) is 3.51. The first kappa shape index (κ1) is 10.5. The van der Waals surface area contributed by atoms with Gasteiger partial charge in [-0.2, -0.15) is 0 Å². The average Bonchev–Trinajstić information content (AvgIpc) is 2.03. The molecule has 0 bridgehead atoms. The molecule has 0 atom stereocenters. The highest BCUT2D eigenvalue weighted by Crippen LogP contribution is 2.04. The summed E-state index contributed by atoms with van der Waals surface area (Å²) in [4.78, 5) is 0. The summed E-state index contributed by atoms with van der Waals surface area (Å²) in [5.41, 5.74) is 0. The molecule has 0 saturated carbocycles. The van der Waals surface area contributed by atoms with E-state index in [9.17, 15) is 0 Å². The third-order valence-electron chi connectivity index (χ3n) is 1.71. The van der Waals surface area contributed by atoms with Gasteiger partial charge in [0.1, 0.15) is 0 Å². The zero-order chi connectivity index (χ0) is 8.36. The molecule has 0 fully saturated rings. The summed E-state index contributed by atoms with van der Waals surface area (Å²) < 4.78 is 4.79. The van der Waals surface area contributed by atoms with Crippen LogP contribution in [0.4, 0.5) is 0 Å². The van der Waals surface area contributed by atoms with Gasteiger partial charge in [0.2, 0.25) is 0 Å². The first-order valence-electron chi connectivity index (χ1n) is 4.59. The van der Waals surface area contributed by atoms with Crippen molar-refractivity contribution < 1.29 is 4.74 Å². The van der Waals surface area contributed by atoms with Gasteiger partial charge in [0.05, 0.1) is 13.4 Å². The number of rotatable bonds is 7. The van der Waals surface area contributed by atoms with E-state index in [1.165, 1.54) is 32.1 Å². The molecular weight excluding hydrogens is 136 g/mol. The fraction of sp³-hybridized carbons (Fsp3) is 0.800. The van der Waals surface area contributed by atoms with E-state index in [1.54, 1.807) is 13.4 Å². The van der Waals surface area contributed by atoms with Gasteiger partial charge in [0.15, 0.2) is 0 Å². The summed E-state index contributed by atoms with van der Waals surface area (Å²) in [5, 5.41) is 0. The second-order valence-corrected chi connectivity index (χ2v) is 2.81. The molecule has 0 aromatic carbocycles. The van der Waals surface area contributed by atoms with Gasteiger partial charge in [-0.3, -0.25) is 0 Å². The standard InChI is InChI=1S/C10H20O/c1-3-4-5-6-7-8-9-10-11-2/h9-10H,3-8H2,1-2H3/b10-9+. The Balaban J connectivity index is 2.85. The van der Waals surface area contributed by atoms with Crippen LogP contribution >= 0.6 is 0 Å². The Hall–Kier alpha value is -0.460. The minimum absolute atomic E-state index is 1.16. The molecule has 0 aromatic rings. The average molecular weight is 156 g/mol. The Kier molecular flexibility index (Phi) is 9.14. The summed E-state index contributed by atoms with van der Waals surface area (Å²) >= 11 is 0. The lowest BCUT2D eigenvalue weighted by molar-refractivity contribution is 0.336. The van der Waals surface area contributed by atoms with Crippen molar-refractivity contribution in [3.63, 3.8) is 0 Å². The van der Waals surface area contributed by atoms with Gasteiger partial charge in [-0.1, -0.05) is 32.6 Å². The van der Waals surface area contributed by atoms with Gasteiger partial charge in [-0.15, -0.1) is 0 Å². The molecule has 66 valence electrons. The lowest BCUT2D eigenvalue weighted by Gasteiger charge is -1.95. The highest BCUT2D eigenvalue weighted by molar-refractivity contribution is 4.72. The zero-order valence-electron chi connectivity index (χ0n) is 7.81. The van der Waals surface area contributed by atoms with Gasteiger partial charge in [-0.25, -0.2) is 0 Å². The molecule has 0 heterocycles. The van der Waals surface area contributed by atoms with Crippen LogP contribution in [0, 0.1) is 0 Å². The second kappa shape index (κ2) is 9.54. The third-order valence-corrected chi connectivity index (χ3v) is 1.71. The molecule has 1 nitrogen and oxygen atoms in total. The summed E-state index contributed by atoms with van der Waals surface area (Å²) in [6.45, 7) is 2.24. The summed E-state index contributed by atoms with van der Waals surface area (Å²) in [5.74, 6) is 0. The molecule has 1 heteroatoms. The van der Waals surface area contributed by atoms with E-state index in [0.717, 1.165) is 6.42 Å². The van der Waals surface area contributed by atoms with E-state index in [0.29, 0.717) is 0 Å². The van der Waals surface area contributed by atoms with Crippen molar-refractivity contribution in [3.8, 4) is 0 Å². The summed E-state index contributed by atoms with van der Waals surface area (Å²) in [6, 6.07) is 0. The normalized spacial score (nSPS) is 10.7. The van der Waals surface area contributed by atoms with Gasteiger partial charge in [-0.05, 0) is 18.9 Å². The molecule has 0 aromatic heterocycles. The first-order valence-corrected chi connectivity index (χ1v) is 4.59. The number of allylic oxidation sites excluding steroid dienone is 1. The van der Waals surface area contributed by atoms with E-state index in [-0.39, 0.29) is 0 Å². The molecule has 0 aliphatic heterocycles. The largest absolute Gasteiger partial charge is 0.505 e. The lowest BCUT2D eigenvalue weighted by Crippen LogP contribution is -1.76. The molecule has 0 radical (unpaired) electrons. The molecule has 11 heavy (non-hydrogen) atoms. The number of ether oxygens (including phenoxy) is 1. The third kappa shape index (κ3) is 9.54. The predicted molar refractivity (Wildman–Crippen MR) is 49.5 cm³/mol. The molecule has 0 N–H and O–H groups in total. The second-order valence-electron chi connectivity index (χ2n) is 2.81. The summed E-state index contributed by atoms with van der Waals surface area (Å²) in [7, 11) is 1.69. The van der Waals surface area contributed by atoms with Gasteiger partial charge >= 0.3 is 0 Å². The smallest absolute Gasteiger partial charge is 0.0784 e. The van der Waals surface area contributed by atoms with Crippen LogP contribution < -0.4 is 0 Å². The van der Waals surface area contributed by atoms with Crippen LogP contribution in [0.3, 0.4) is 0 Å². The van der Waals surface area contributed by atoms with E-state index >= 15 is 0 Å². The SMILES string of the molecule is CCCCCCC/C=C/OC. The van der Waals surface area contributed by atoms with Gasteiger partial charge in [0, 0.05) is 0 Å². The van der Waals surface area contributed by atoms with Crippen molar-refractivity contribution in [3.05, 3.63) is 12.3 Å². The van der Waals surface area contributed by atoms with Crippen LogP contribution in [0.25, 0.3) is 0 Å². The van der Waals surface area contributed by atoms with Crippen LogP contribution in [-0.2, 0) is 4.74 Å². The van der Waals surface area contributed by atoms with E-state index in [2.05, 4.69) is 13.0 Å². The highest BCUT2D eigenvalue weighted by Gasteiger charge is 1.85.